The average Bonchev–Trinajstić information content (AvgIpc) is 3.15. The molecular weight excluding hydrogens is 320 g/mol. The fourth-order valence-electron chi connectivity index (χ4n) is 3.72. The van der Waals surface area contributed by atoms with E-state index < -0.39 is 5.60 Å². The maximum atomic E-state index is 12.6. The van der Waals surface area contributed by atoms with Crippen LogP contribution in [-0.4, -0.2) is 63.4 Å². The lowest BCUT2D eigenvalue weighted by Gasteiger charge is -2.37. The highest BCUT2D eigenvalue weighted by molar-refractivity contribution is 5.92. The quantitative estimate of drug-likeness (QED) is 0.741. The van der Waals surface area contributed by atoms with E-state index in [9.17, 15) is 9.59 Å². The monoisotopic (exact) mass is 348 g/mol. The van der Waals surface area contributed by atoms with Crippen molar-refractivity contribution in [3.63, 3.8) is 0 Å². The Morgan fingerprint density at radius 1 is 1.28 bits per heavy atom. The third-order valence-corrected chi connectivity index (χ3v) is 5.32. The van der Waals surface area contributed by atoms with Crippen molar-refractivity contribution in [1.82, 2.24) is 19.6 Å². The molecule has 0 radical (unpaired) electrons. The normalized spacial score (nSPS) is 19.5. The molecule has 1 aromatic heterocycles. The SMILES string of the molecule is CCCCCCN1CC2(CCN(C(=O)c3ccnn3C)CC2)OC1=O. The Balaban J connectivity index is 1.52. The van der Waals surface area contributed by atoms with Crippen molar-refractivity contribution in [3.8, 4) is 0 Å². The lowest BCUT2D eigenvalue weighted by atomic mass is 9.91. The van der Waals surface area contributed by atoms with Crippen LogP contribution in [0.4, 0.5) is 4.79 Å². The molecule has 2 aliphatic rings. The molecule has 0 saturated carbocycles. The van der Waals surface area contributed by atoms with E-state index in [0.717, 1.165) is 19.4 Å². The molecule has 0 N–H and O–H groups in total. The van der Waals surface area contributed by atoms with Crippen molar-refractivity contribution in [3.05, 3.63) is 18.0 Å². The number of carbonyl (C=O) groups excluding carboxylic acids is 2. The number of nitrogens with zero attached hydrogens (tertiary/aromatic N) is 4. The van der Waals surface area contributed by atoms with E-state index in [1.807, 2.05) is 9.80 Å². The van der Waals surface area contributed by atoms with Crippen molar-refractivity contribution in [1.29, 1.82) is 0 Å². The van der Waals surface area contributed by atoms with Gasteiger partial charge in [0.05, 0.1) is 6.54 Å². The summed E-state index contributed by atoms with van der Waals surface area (Å²) in [6, 6.07) is 1.74. The highest BCUT2D eigenvalue weighted by atomic mass is 16.6. The van der Waals surface area contributed by atoms with Crippen LogP contribution in [0.25, 0.3) is 0 Å². The molecule has 2 saturated heterocycles. The van der Waals surface area contributed by atoms with E-state index in [0.29, 0.717) is 38.2 Å². The summed E-state index contributed by atoms with van der Waals surface area (Å²) in [7, 11) is 1.77. The summed E-state index contributed by atoms with van der Waals surface area (Å²) in [6.07, 6.45) is 7.43. The molecule has 2 aliphatic heterocycles. The van der Waals surface area contributed by atoms with E-state index >= 15 is 0 Å². The molecule has 1 aromatic rings. The predicted octanol–water partition coefficient (Wildman–Crippen LogP) is 2.43. The highest BCUT2D eigenvalue weighted by Gasteiger charge is 2.47. The van der Waals surface area contributed by atoms with Crippen molar-refractivity contribution < 1.29 is 14.3 Å². The van der Waals surface area contributed by atoms with Crippen LogP contribution in [-0.2, 0) is 11.8 Å². The summed E-state index contributed by atoms with van der Waals surface area (Å²) in [5.74, 6) is -0.00408. The Kier molecular flexibility index (Phi) is 5.30. The molecular formula is C18H28N4O3. The number of piperidine rings is 1. The van der Waals surface area contributed by atoms with Gasteiger partial charge in [-0.15, -0.1) is 0 Å². The fraction of sp³-hybridized carbons (Fsp3) is 0.722. The van der Waals surface area contributed by atoms with Gasteiger partial charge in [-0.05, 0) is 12.5 Å². The van der Waals surface area contributed by atoms with Crippen molar-refractivity contribution in [2.75, 3.05) is 26.2 Å². The molecule has 3 heterocycles. The molecule has 1 spiro atoms. The fourth-order valence-corrected chi connectivity index (χ4v) is 3.72. The van der Waals surface area contributed by atoms with E-state index in [1.54, 1.807) is 24.0 Å². The number of aromatic nitrogens is 2. The summed E-state index contributed by atoms with van der Waals surface area (Å²) < 4.78 is 7.33. The van der Waals surface area contributed by atoms with Gasteiger partial charge in [0.15, 0.2) is 0 Å². The summed E-state index contributed by atoms with van der Waals surface area (Å²) >= 11 is 0. The van der Waals surface area contributed by atoms with Gasteiger partial charge in [0, 0.05) is 45.7 Å². The van der Waals surface area contributed by atoms with Crippen LogP contribution in [0.2, 0.25) is 0 Å². The molecule has 25 heavy (non-hydrogen) atoms. The molecule has 0 unspecified atom stereocenters. The summed E-state index contributed by atoms with van der Waals surface area (Å²) in [5.41, 5.74) is 0.183. The molecule has 0 bridgehead atoms. The standard InChI is InChI=1S/C18H28N4O3/c1-3-4-5-6-11-22-14-18(25-17(22)24)8-12-21(13-9-18)16(23)15-7-10-19-20(15)2/h7,10H,3-6,8-9,11-14H2,1-2H3. The van der Waals surface area contributed by atoms with E-state index in [1.165, 1.54) is 12.8 Å². The molecule has 7 heteroatoms. The summed E-state index contributed by atoms with van der Waals surface area (Å²) in [4.78, 5) is 28.4. The summed E-state index contributed by atoms with van der Waals surface area (Å²) in [5, 5.41) is 4.06. The Labute approximate surface area is 148 Å². The van der Waals surface area contributed by atoms with Crippen LogP contribution >= 0.6 is 0 Å². The maximum Gasteiger partial charge on any atom is 0.410 e. The first kappa shape index (κ1) is 17.8. The topological polar surface area (TPSA) is 67.7 Å². The highest BCUT2D eigenvalue weighted by Crippen LogP contribution is 2.33. The minimum atomic E-state index is -0.412. The zero-order valence-electron chi connectivity index (χ0n) is 15.2. The van der Waals surface area contributed by atoms with Crippen LogP contribution in [0.5, 0.6) is 0 Å². The molecule has 7 nitrogen and oxygen atoms in total. The molecule has 0 aliphatic carbocycles. The first-order valence-corrected chi connectivity index (χ1v) is 9.30. The number of likely N-dealkylation sites (tertiary alicyclic amines) is 1. The van der Waals surface area contributed by atoms with Gasteiger partial charge in [-0.1, -0.05) is 26.2 Å². The number of unbranched alkanes of at least 4 members (excludes halogenated alkanes) is 3. The Bertz CT molecular complexity index is 620. The smallest absolute Gasteiger partial charge is 0.410 e. The van der Waals surface area contributed by atoms with Gasteiger partial charge in [0.2, 0.25) is 0 Å². The first-order chi connectivity index (χ1) is 12.0. The molecule has 3 rings (SSSR count). The number of aryl methyl sites for hydroxylation is 1. The van der Waals surface area contributed by atoms with Crippen LogP contribution in [0.1, 0.15) is 55.9 Å². The van der Waals surface area contributed by atoms with Crippen LogP contribution in [0, 0.1) is 0 Å². The third-order valence-electron chi connectivity index (χ3n) is 5.32. The minimum Gasteiger partial charge on any atom is -0.441 e. The largest absolute Gasteiger partial charge is 0.441 e. The van der Waals surface area contributed by atoms with Gasteiger partial charge >= 0.3 is 6.09 Å². The molecule has 0 aromatic carbocycles. The molecule has 2 fully saturated rings. The van der Waals surface area contributed by atoms with Crippen molar-refractivity contribution >= 4 is 12.0 Å². The van der Waals surface area contributed by atoms with Crippen molar-refractivity contribution in [2.45, 2.75) is 51.0 Å². The second-order valence-electron chi connectivity index (χ2n) is 7.17. The third kappa shape index (κ3) is 3.80. The molecule has 138 valence electrons. The maximum absolute atomic E-state index is 12.6. The van der Waals surface area contributed by atoms with Crippen LogP contribution in [0.3, 0.4) is 0 Å². The van der Waals surface area contributed by atoms with E-state index in [2.05, 4.69) is 12.0 Å². The Morgan fingerprint density at radius 2 is 2.04 bits per heavy atom. The number of ether oxygens (including phenoxy) is 1. The van der Waals surface area contributed by atoms with E-state index in [-0.39, 0.29) is 12.0 Å². The number of amides is 2. The number of hydrogen-bond acceptors (Lipinski definition) is 4. The number of carbonyl (C=O) groups is 2. The number of hydrogen-bond donors (Lipinski definition) is 0. The van der Waals surface area contributed by atoms with Gasteiger partial charge < -0.3 is 14.5 Å². The van der Waals surface area contributed by atoms with Gasteiger partial charge in [0.1, 0.15) is 11.3 Å². The van der Waals surface area contributed by atoms with Crippen LogP contribution < -0.4 is 0 Å². The van der Waals surface area contributed by atoms with Gasteiger partial charge in [0.25, 0.3) is 5.91 Å². The van der Waals surface area contributed by atoms with Gasteiger partial charge in [-0.3, -0.25) is 9.48 Å². The average molecular weight is 348 g/mol. The molecule has 0 atom stereocenters. The van der Waals surface area contributed by atoms with Gasteiger partial charge in [-0.25, -0.2) is 4.79 Å². The van der Waals surface area contributed by atoms with Gasteiger partial charge in [-0.2, -0.15) is 5.10 Å². The lowest BCUT2D eigenvalue weighted by molar-refractivity contribution is 0.00284. The predicted molar refractivity (Wildman–Crippen MR) is 93.3 cm³/mol. The molecule has 2 amide bonds. The van der Waals surface area contributed by atoms with Crippen molar-refractivity contribution in [2.24, 2.45) is 7.05 Å². The first-order valence-electron chi connectivity index (χ1n) is 9.30. The number of rotatable bonds is 6. The zero-order chi connectivity index (χ0) is 17.9. The summed E-state index contributed by atoms with van der Waals surface area (Å²) in [6.45, 7) is 4.84. The zero-order valence-corrected chi connectivity index (χ0v) is 15.2. The lowest BCUT2D eigenvalue weighted by Crippen LogP contribution is -2.49. The Morgan fingerprint density at radius 3 is 2.68 bits per heavy atom. The Hall–Kier alpha value is -2.05. The minimum absolute atomic E-state index is 0.00408. The van der Waals surface area contributed by atoms with Crippen LogP contribution in [0.15, 0.2) is 12.3 Å². The second-order valence-corrected chi connectivity index (χ2v) is 7.17. The second kappa shape index (κ2) is 7.45. The van der Waals surface area contributed by atoms with E-state index in [4.69, 9.17) is 4.74 Å².